The topological polar surface area (TPSA) is 155 Å². The summed E-state index contributed by atoms with van der Waals surface area (Å²) >= 11 is 0. The number of nitrogens with zero attached hydrogens (tertiary/aromatic N) is 2. The van der Waals surface area contributed by atoms with Crippen LogP contribution in [0.15, 0.2) is 18.2 Å². The van der Waals surface area contributed by atoms with E-state index < -0.39 is 23.8 Å². The highest BCUT2D eigenvalue weighted by Gasteiger charge is 2.36. The molecule has 0 saturated carbocycles. The van der Waals surface area contributed by atoms with Crippen LogP contribution in [0.1, 0.15) is 123 Å². The second kappa shape index (κ2) is 10.0. The van der Waals surface area contributed by atoms with Crippen LogP contribution in [0.4, 0.5) is 0 Å². The Labute approximate surface area is 241 Å². The number of Topliss-reactive ketones (excluding diaryl/α,β-unsaturated/α-hetero) is 1. The van der Waals surface area contributed by atoms with Gasteiger partial charge in [0.15, 0.2) is 5.78 Å². The number of carbonyl (C=O) groups is 4. The van der Waals surface area contributed by atoms with E-state index in [9.17, 15) is 24.3 Å². The SMILES string of the molecule is CC[C@H]1c2cc3[nH]c4c(c5nc(cc6[nH]c(cc(n2)C1C)c(C(C)=O)c6C)C[C@@H]5CCC(=O)O)C(=O)OC(=O)c4c3C. The molecule has 6 heterocycles. The quantitative estimate of drug-likeness (QED) is 0.194. The average Bonchev–Trinajstić information content (AvgIpc) is 3.62. The highest BCUT2D eigenvalue weighted by Crippen LogP contribution is 2.41. The van der Waals surface area contributed by atoms with Crippen molar-refractivity contribution in [2.75, 3.05) is 0 Å². The zero-order valence-electron chi connectivity index (χ0n) is 24.2. The summed E-state index contributed by atoms with van der Waals surface area (Å²) in [6, 6.07) is 5.71. The lowest BCUT2D eigenvalue weighted by Gasteiger charge is -2.15. The molecule has 0 radical (unpaired) electrons. The molecule has 3 aromatic heterocycles. The van der Waals surface area contributed by atoms with Crippen LogP contribution in [0.2, 0.25) is 0 Å². The number of rotatable bonds is 5. The summed E-state index contributed by atoms with van der Waals surface area (Å²) in [6.45, 7) is 9.43. The molecule has 0 aromatic carbocycles. The first kappa shape index (κ1) is 27.6. The maximum Gasteiger partial charge on any atom is 0.350 e. The van der Waals surface area contributed by atoms with Crippen LogP contribution in [-0.4, -0.2) is 48.7 Å². The monoisotopic (exact) mass is 568 g/mol. The average molecular weight is 569 g/mol. The summed E-state index contributed by atoms with van der Waals surface area (Å²) in [4.78, 5) is 67.1. The third-order valence-corrected chi connectivity index (χ3v) is 8.91. The lowest BCUT2D eigenvalue weighted by Crippen LogP contribution is -2.21. The largest absolute Gasteiger partial charge is 0.481 e. The fourth-order valence-corrected chi connectivity index (χ4v) is 6.72. The van der Waals surface area contributed by atoms with Crippen LogP contribution in [0.3, 0.4) is 0 Å². The number of ether oxygens (including phenoxy) is 1. The Morgan fingerprint density at radius 1 is 0.976 bits per heavy atom. The van der Waals surface area contributed by atoms with E-state index in [0.29, 0.717) is 51.0 Å². The molecule has 3 aliphatic rings. The van der Waals surface area contributed by atoms with E-state index in [0.717, 1.165) is 23.4 Å². The van der Waals surface area contributed by atoms with E-state index in [4.69, 9.17) is 14.7 Å². The Balaban J connectivity index is 1.78. The van der Waals surface area contributed by atoms with Gasteiger partial charge in [-0.3, -0.25) is 19.6 Å². The smallest absolute Gasteiger partial charge is 0.350 e. The number of carboxylic acid groups (broad SMARTS) is 1. The molecule has 3 aromatic rings. The van der Waals surface area contributed by atoms with Crippen molar-refractivity contribution in [3.8, 4) is 0 Å². The van der Waals surface area contributed by atoms with Crippen molar-refractivity contribution in [2.45, 2.75) is 78.1 Å². The molecule has 216 valence electrons. The van der Waals surface area contributed by atoms with Crippen LogP contribution in [0, 0.1) is 13.8 Å². The van der Waals surface area contributed by atoms with E-state index in [1.807, 2.05) is 25.1 Å². The summed E-state index contributed by atoms with van der Waals surface area (Å²) in [5.74, 6) is -2.79. The van der Waals surface area contributed by atoms with Gasteiger partial charge in [0.25, 0.3) is 0 Å². The number of cyclic esters (lactones) is 2. The van der Waals surface area contributed by atoms with Gasteiger partial charge in [0, 0.05) is 57.9 Å². The number of aliphatic carboxylic acids is 1. The minimum atomic E-state index is -0.954. The van der Waals surface area contributed by atoms with E-state index in [2.05, 4.69) is 23.8 Å². The predicted molar refractivity (Wildman–Crippen MR) is 155 cm³/mol. The lowest BCUT2D eigenvalue weighted by atomic mass is 9.89. The molecule has 3 aliphatic heterocycles. The molecule has 1 unspecified atom stereocenters. The highest BCUT2D eigenvalue weighted by atomic mass is 16.6. The number of esters is 2. The first-order chi connectivity index (χ1) is 20.0. The molecule has 0 saturated heterocycles. The Bertz CT molecular complexity index is 1880. The molecule has 42 heavy (non-hydrogen) atoms. The van der Waals surface area contributed by atoms with Crippen LogP contribution >= 0.6 is 0 Å². The van der Waals surface area contributed by atoms with Gasteiger partial charge >= 0.3 is 17.9 Å². The Morgan fingerprint density at radius 2 is 1.67 bits per heavy atom. The van der Waals surface area contributed by atoms with Gasteiger partial charge in [0.2, 0.25) is 0 Å². The number of aromatic amines is 2. The molecule has 3 N–H and O–H groups in total. The van der Waals surface area contributed by atoms with Gasteiger partial charge in [0.05, 0.1) is 22.3 Å². The lowest BCUT2D eigenvalue weighted by molar-refractivity contribution is -0.137. The number of H-pyrrole nitrogens is 2. The molecule has 0 amide bonds. The molecule has 10 heteroatoms. The summed E-state index contributed by atoms with van der Waals surface area (Å²) in [5.41, 5.74) is 7.42. The zero-order chi connectivity index (χ0) is 30.0. The van der Waals surface area contributed by atoms with Crippen LogP contribution in [0.5, 0.6) is 0 Å². The van der Waals surface area contributed by atoms with Crippen molar-refractivity contribution in [1.82, 2.24) is 19.9 Å². The van der Waals surface area contributed by atoms with E-state index in [1.54, 1.807) is 6.92 Å². The molecule has 0 aliphatic carbocycles. The van der Waals surface area contributed by atoms with Gasteiger partial charge in [0.1, 0.15) is 5.56 Å². The van der Waals surface area contributed by atoms with E-state index in [1.165, 1.54) is 6.92 Å². The fraction of sp³-hybridized carbons (Fsp3) is 0.375. The van der Waals surface area contributed by atoms with Crippen molar-refractivity contribution >= 4 is 45.8 Å². The van der Waals surface area contributed by atoms with Crippen molar-refractivity contribution in [2.24, 2.45) is 0 Å². The number of hydrogen-bond acceptors (Lipinski definition) is 7. The van der Waals surface area contributed by atoms with Gasteiger partial charge in [-0.1, -0.05) is 13.8 Å². The normalized spacial score (nSPS) is 19.6. The van der Waals surface area contributed by atoms with Crippen LogP contribution in [-0.2, 0) is 16.0 Å². The van der Waals surface area contributed by atoms with Crippen molar-refractivity contribution in [3.63, 3.8) is 0 Å². The molecule has 10 nitrogen and oxygen atoms in total. The minimum absolute atomic E-state index is 0.0755. The van der Waals surface area contributed by atoms with Crippen molar-refractivity contribution < 1.29 is 29.0 Å². The minimum Gasteiger partial charge on any atom is -0.481 e. The third-order valence-electron chi connectivity index (χ3n) is 8.91. The molecule has 6 rings (SSSR count). The van der Waals surface area contributed by atoms with Crippen LogP contribution in [0.25, 0.3) is 22.1 Å². The van der Waals surface area contributed by atoms with Gasteiger partial charge in [-0.25, -0.2) is 9.59 Å². The van der Waals surface area contributed by atoms with E-state index >= 15 is 0 Å². The van der Waals surface area contributed by atoms with Gasteiger partial charge < -0.3 is 19.8 Å². The summed E-state index contributed by atoms with van der Waals surface area (Å²) in [7, 11) is 0. The Morgan fingerprint density at radius 3 is 2.36 bits per heavy atom. The Hall–Kier alpha value is -4.60. The standard InChI is InChI=1S/C32H32N4O6/c1-6-19-13(2)21-12-24-26(16(5)37)14(3)20(35-24)10-18-9-17(7-8-25(38)39)29(33-18)28-30-27(31(40)42-32(28)41)15(4)22(36-30)11-23(19)34-21/h10-13,17,19,35-36H,6-9H2,1-5H3,(H,38,39)/t13?,17-,19+/m0/s1. The second-order valence-corrected chi connectivity index (χ2v) is 11.5. The van der Waals surface area contributed by atoms with Crippen molar-refractivity contribution in [1.29, 1.82) is 0 Å². The number of fused-ring (bicyclic) bond motifs is 8. The summed E-state index contributed by atoms with van der Waals surface area (Å²) < 4.78 is 5.21. The fourth-order valence-electron chi connectivity index (χ4n) is 6.72. The third kappa shape index (κ3) is 4.33. The number of carbonyl (C=O) groups excluding carboxylic acids is 3. The molecular weight excluding hydrogens is 536 g/mol. The zero-order valence-corrected chi connectivity index (χ0v) is 24.2. The number of aromatic nitrogens is 4. The maximum absolute atomic E-state index is 13.3. The number of carboxylic acids is 1. The molecular formula is C32H32N4O6. The number of hydrogen-bond donors (Lipinski definition) is 3. The van der Waals surface area contributed by atoms with Gasteiger partial charge in [-0.15, -0.1) is 0 Å². The first-order valence-electron chi connectivity index (χ1n) is 14.2. The van der Waals surface area contributed by atoms with Crippen LogP contribution < -0.4 is 0 Å². The number of ketones is 1. The predicted octanol–water partition coefficient (Wildman–Crippen LogP) is 5.93. The molecule has 0 spiro atoms. The van der Waals surface area contributed by atoms with Gasteiger partial charge in [-0.05, 0) is 69.4 Å². The molecule has 3 atom stereocenters. The van der Waals surface area contributed by atoms with E-state index in [-0.39, 0.29) is 41.6 Å². The summed E-state index contributed by atoms with van der Waals surface area (Å²) in [5, 5.41) is 9.42. The number of aryl methyl sites for hydroxylation is 2. The molecule has 8 bridgehead atoms. The van der Waals surface area contributed by atoms with Gasteiger partial charge in [-0.2, -0.15) is 0 Å². The molecule has 0 fully saturated rings. The summed E-state index contributed by atoms with van der Waals surface area (Å²) in [6.07, 6.45) is 1.34. The first-order valence-corrected chi connectivity index (χ1v) is 14.2. The van der Waals surface area contributed by atoms with Crippen molar-refractivity contribution in [3.05, 3.63) is 68.8 Å². The Kier molecular flexibility index (Phi) is 6.59. The highest BCUT2D eigenvalue weighted by molar-refractivity contribution is 6.18. The second-order valence-electron chi connectivity index (χ2n) is 11.5. The maximum atomic E-state index is 13.3. The number of nitrogens with one attached hydrogen (secondary N) is 2.